The third-order valence-corrected chi connectivity index (χ3v) is 4.27. The molecule has 1 aliphatic rings. The Balaban J connectivity index is 2.38. The van der Waals surface area contributed by atoms with Crippen LogP contribution < -0.4 is 0 Å². The van der Waals surface area contributed by atoms with E-state index < -0.39 is 11.1 Å². The molecule has 3 nitrogen and oxygen atoms in total. The number of benzene rings is 1. The van der Waals surface area contributed by atoms with Crippen molar-refractivity contribution in [1.29, 1.82) is 0 Å². The van der Waals surface area contributed by atoms with Crippen LogP contribution in [0.1, 0.15) is 43.6 Å². The molecule has 0 aliphatic carbocycles. The summed E-state index contributed by atoms with van der Waals surface area (Å²) >= 11 is 0. The van der Waals surface area contributed by atoms with Crippen molar-refractivity contribution in [2.24, 2.45) is 0 Å². The number of carbonyl (C=O) groups is 1. The minimum absolute atomic E-state index is 0.0176. The van der Waals surface area contributed by atoms with E-state index in [-0.39, 0.29) is 5.91 Å². The van der Waals surface area contributed by atoms with Crippen molar-refractivity contribution < 1.29 is 9.90 Å². The molecular formula is C15H21NO2. The van der Waals surface area contributed by atoms with E-state index in [1.165, 1.54) is 0 Å². The minimum Gasteiger partial charge on any atom is -0.388 e. The van der Waals surface area contributed by atoms with Gasteiger partial charge in [-0.25, -0.2) is 0 Å². The zero-order chi connectivity index (χ0) is 13.6. The lowest BCUT2D eigenvalue weighted by Gasteiger charge is -2.48. The van der Waals surface area contributed by atoms with Crippen LogP contribution in [0.15, 0.2) is 24.3 Å². The topological polar surface area (TPSA) is 40.5 Å². The first-order valence-electron chi connectivity index (χ1n) is 6.37. The maximum atomic E-state index is 12.5. The highest BCUT2D eigenvalue weighted by atomic mass is 16.3. The fourth-order valence-corrected chi connectivity index (χ4v) is 2.29. The van der Waals surface area contributed by atoms with E-state index in [2.05, 4.69) is 0 Å². The summed E-state index contributed by atoms with van der Waals surface area (Å²) in [5.74, 6) is 0.0176. The molecule has 0 aromatic heterocycles. The molecule has 0 bridgehead atoms. The number of amides is 1. The van der Waals surface area contributed by atoms with E-state index in [1.54, 1.807) is 18.7 Å². The fourth-order valence-electron chi connectivity index (χ4n) is 2.29. The lowest BCUT2D eigenvalue weighted by atomic mass is 9.82. The third-order valence-electron chi connectivity index (χ3n) is 4.27. The SMILES string of the molecule is CC(C)(O)C(C)(C)N1CCc2ccccc2C1=O. The molecule has 1 aromatic rings. The normalized spacial score (nSPS) is 16.7. The molecule has 98 valence electrons. The Kier molecular flexibility index (Phi) is 2.98. The number of hydrogen-bond acceptors (Lipinski definition) is 2. The Morgan fingerprint density at radius 2 is 1.78 bits per heavy atom. The van der Waals surface area contributed by atoms with Gasteiger partial charge < -0.3 is 10.0 Å². The van der Waals surface area contributed by atoms with Crippen molar-refractivity contribution in [1.82, 2.24) is 4.90 Å². The van der Waals surface area contributed by atoms with Gasteiger partial charge in [-0.3, -0.25) is 4.79 Å². The highest BCUT2D eigenvalue weighted by molar-refractivity contribution is 5.97. The molecule has 1 N–H and O–H groups in total. The van der Waals surface area contributed by atoms with Crippen molar-refractivity contribution >= 4 is 5.91 Å². The summed E-state index contributed by atoms with van der Waals surface area (Å²) in [5, 5.41) is 10.3. The Morgan fingerprint density at radius 3 is 2.39 bits per heavy atom. The predicted octanol–water partition coefficient (Wildman–Crippen LogP) is 2.23. The zero-order valence-corrected chi connectivity index (χ0v) is 11.5. The lowest BCUT2D eigenvalue weighted by Crippen LogP contribution is -2.61. The molecule has 0 radical (unpaired) electrons. The molecule has 0 atom stereocenters. The van der Waals surface area contributed by atoms with E-state index in [1.807, 2.05) is 38.1 Å². The Morgan fingerprint density at radius 1 is 1.17 bits per heavy atom. The van der Waals surface area contributed by atoms with Gasteiger partial charge in [0.2, 0.25) is 0 Å². The summed E-state index contributed by atoms with van der Waals surface area (Å²) in [5.41, 5.74) is 0.346. The first-order chi connectivity index (χ1) is 8.25. The highest BCUT2D eigenvalue weighted by Crippen LogP contribution is 2.32. The molecule has 1 aromatic carbocycles. The van der Waals surface area contributed by atoms with Gasteiger partial charge in [0.1, 0.15) is 0 Å². The average molecular weight is 247 g/mol. The molecule has 0 saturated heterocycles. The van der Waals surface area contributed by atoms with Crippen molar-refractivity contribution in [3.63, 3.8) is 0 Å². The van der Waals surface area contributed by atoms with Gasteiger partial charge in [-0.05, 0) is 45.7 Å². The molecule has 0 fully saturated rings. The van der Waals surface area contributed by atoms with Crippen LogP contribution in [0.2, 0.25) is 0 Å². The van der Waals surface area contributed by atoms with Gasteiger partial charge in [0, 0.05) is 12.1 Å². The largest absolute Gasteiger partial charge is 0.388 e. The lowest BCUT2D eigenvalue weighted by molar-refractivity contribution is -0.0609. The zero-order valence-electron chi connectivity index (χ0n) is 11.5. The molecule has 0 spiro atoms. The monoisotopic (exact) mass is 247 g/mol. The van der Waals surface area contributed by atoms with Gasteiger partial charge in [-0.1, -0.05) is 18.2 Å². The Bertz CT molecular complexity index is 472. The summed E-state index contributed by atoms with van der Waals surface area (Å²) in [6, 6.07) is 7.71. The number of aliphatic hydroxyl groups is 1. The minimum atomic E-state index is -0.936. The van der Waals surface area contributed by atoms with E-state index in [9.17, 15) is 9.90 Å². The summed E-state index contributed by atoms with van der Waals surface area (Å²) in [4.78, 5) is 14.3. The summed E-state index contributed by atoms with van der Waals surface area (Å²) in [6.07, 6.45) is 0.849. The standard InChI is InChI=1S/C15H21NO2/c1-14(2,15(3,4)18)16-10-9-11-7-5-6-8-12(11)13(16)17/h5-8,18H,9-10H2,1-4H3. The van der Waals surface area contributed by atoms with Gasteiger partial charge in [0.25, 0.3) is 5.91 Å². The van der Waals surface area contributed by atoms with Crippen LogP contribution in [0.4, 0.5) is 0 Å². The second-order valence-corrected chi connectivity index (χ2v) is 5.98. The van der Waals surface area contributed by atoms with Gasteiger partial charge in [-0.15, -0.1) is 0 Å². The van der Waals surface area contributed by atoms with Crippen molar-refractivity contribution in [3.05, 3.63) is 35.4 Å². The third kappa shape index (κ3) is 1.93. The predicted molar refractivity (Wildman–Crippen MR) is 71.6 cm³/mol. The van der Waals surface area contributed by atoms with Crippen LogP contribution in [0, 0.1) is 0 Å². The van der Waals surface area contributed by atoms with Crippen LogP contribution in [0.25, 0.3) is 0 Å². The summed E-state index contributed by atoms with van der Waals surface area (Å²) in [6.45, 7) is 7.99. The van der Waals surface area contributed by atoms with Crippen molar-refractivity contribution in [3.8, 4) is 0 Å². The molecule has 0 saturated carbocycles. The smallest absolute Gasteiger partial charge is 0.254 e. The van der Waals surface area contributed by atoms with Crippen LogP contribution in [-0.2, 0) is 6.42 Å². The Labute approximate surface area is 108 Å². The first kappa shape index (κ1) is 13.1. The van der Waals surface area contributed by atoms with E-state index in [0.717, 1.165) is 17.5 Å². The van der Waals surface area contributed by atoms with Gasteiger partial charge >= 0.3 is 0 Å². The molecule has 1 heterocycles. The number of rotatable bonds is 2. The fraction of sp³-hybridized carbons (Fsp3) is 0.533. The van der Waals surface area contributed by atoms with Crippen LogP contribution >= 0.6 is 0 Å². The van der Waals surface area contributed by atoms with E-state index in [4.69, 9.17) is 0 Å². The Hall–Kier alpha value is -1.35. The van der Waals surface area contributed by atoms with Crippen LogP contribution in [0.3, 0.4) is 0 Å². The number of carbonyl (C=O) groups excluding carboxylic acids is 1. The van der Waals surface area contributed by atoms with Gasteiger partial charge in [-0.2, -0.15) is 0 Å². The molecule has 1 amide bonds. The maximum absolute atomic E-state index is 12.5. The highest BCUT2D eigenvalue weighted by Gasteiger charge is 2.44. The van der Waals surface area contributed by atoms with Crippen LogP contribution in [0.5, 0.6) is 0 Å². The van der Waals surface area contributed by atoms with Crippen LogP contribution in [-0.4, -0.2) is 33.6 Å². The van der Waals surface area contributed by atoms with E-state index >= 15 is 0 Å². The van der Waals surface area contributed by atoms with Gasteiger partial charge in [0.05, 0.1) is 11.1 Å². The average Bonchev–Trinajstić information content (AvgIpc) is 2.28. The number of nitrogens with zero attached hydrogens (tertiary/aromatic N) is 1. The number of fused-ring (bicyclic) bond motifs is 1. The quantitative estimate of drug-likeness (QED) is 0.870. The van der Waals surface area contributed by atoms with Crippen molar-refractivity contribution in [2.75, 3.05) is 6.54 Å². The molecule has 3 heteroatoms. The molecule has 18 heavy (non-hydrogen) atoms. The molecule has 2 rings (SSSR count). The van der Waals surface area contributed by atoms with Gasteiger partial charge in [0.15, 0.2) is 0 Å². The first-order valence-corrected chi connectivity index (χ1v) is 6.37. The van der Waals surface area contributed by atoms with E-state index in [0.29, 0.717) is 6.54 Å². The maximum Gasteiger partial charge on any atom is 0.254 e. The summed E-state index contributed by atoms with van der Waals surface area (Å²) in [7, 11) is 0. The molecular weight excluding hydrogens is 226 g/mol. The number of hydrogen-bond donors (Lipinski definition) is 1. The summed E-state index contributed by atoms with van der Waals surface area (Å²) < 4.78 is 0. The second kappa shape index (κ2) is 4.09. The molecule has 0 unspecified atom stereocenters. The van der Waals surface area contributed by atoms with Crippen molar-refractivity contribution in [2.45, 2.75) is 45.3 Å². The second-order valence-electron chi connectivity index (χ2n) is 5.98. The molecule has 1 aliphatic heterocycles.